The molecule has 90 valence electrons. The van der Waals surface area contributed by atoms with Gasteiger partial charge in [0, 0.05) is 0 Å². The van der Waals surface area contributed by atoms with Crippen molar-refractivity contribution in [3.05, 3.63) is 21.3 Å². The second kappa shape index (κ2) is 5.90. The van der Waals surface area contributed by atoms with Crippen LogP contribution in [0.3, 0.4) is 0 Å². The zero-order chi connectivity index (χ0) is 12.3. The van der Waals surface area contributed by atoms with E-state index in [1.807, 2.05) is 22.6 Å². The van der Waals surface area contributed by atoms with Gasteiger partial charge in [0.1, 0.15) is 6.10 Å². The molecule has 1 aromatic rings. The number of alkyl halides is 1. The van der Waals surface area contributed by atoms with Gasteiger partial charge in [-0.1, -0.05) is 0 Å². The Labute approximate surface area is 112 Å². The monoisotopic (exact) mass is 358 g/mol. The summed E-state index contributed by atoms with van der Waals surface area (Å²) in [5, 5.41) is 28.8. The highest BCUT2D eigenvalue weighted by molar-refractivity contribution is 14.1. The molecule has 0 fully saturated rings. The first-order chi connectivity index (χ1) is 7.51. The summed E-state index contributed by atoms with van der Waals surface area (Å²) in [5.41, 5.74) is 0.451. The maximum Gasteiger partial charge on any atom is 0.171 e. The summed E-state index contributed by atoms with van der Waals surface area (Å²) in [6.07, 6.45) is -2.15. The lowest BCUT2D eigenvalue weighted by atomic mass is 10.0. The van der Waals surface area contributed by atoms with Crippen molar-refractivity contribution in [3.63, 3.8) is 0 Å². The smallest absolute Gasteiger partial charge is 0.171 e. The van der Waals surface area contributed by atoms with Crippen LogP contribution >= 0.6 is 34.2 Å². The Bertz CT molecular complexity index is 372. The van der Waals surface area contributed by atoms with Crippen LogP contribution < -0.4 is 4.74 Å². The lowest BCUT2D eigenvalue weighted by Crippen LogP contribution is -2.19. The van der Waals surface area contributed by atoms with Crippen LogP contribution in [0.15, 0.2) is 12.1 Å². The van der Waals surface area contributed by atoms with E-state index >= 15 is 0 Å². The van der Waals surface area contributed by atoms with Crippen LogP contribution in [0.4, 0.5) is 0 Å². The Morgan fingerprint density at radius 3 is 2.56 bits per heavy atom. The van der Waals surface area contributed by atoms with E-state index in [1.165, 1.54) is 13.2 Å². The fourth-order valence-electron chi connectivity index (χ4n) is 1.23. The van der Waals surface area contributed by atoms with E-state index in [0.29, 0.717) is 9.13 Å². The van der Waals surface area contributed by atoms with E-state index < -0.39 is 12.2 Å². The molecule has 1 aromatic carbocycles. The largest absolute Gasteiger partial charge is 0.504 e. The maximum absolute atomic E-state index is 9.75. The predicted octanol–water partition coefficient (Wildman–Crippen LogP) is 1.64. The van der Waals surface area contributed by atoms with Crippen LogP contribution in [-0.4, -0.2) is 34.4 Å². The standard InChI is InChI=1S/C10H12ClIO4/c1-16-8-3-5(2-6(12)10(8)15)9(14)7(13)4-11/h2-3,7,9,13-15H,4H2,1H3. The van der Waals surface area contributed by atoms with Crippen LogP contribution in [0.2, 0.25) is 0 Å². The minimum atomic E-state index is -1.10. The van der Waals surface area contributed by atoms with Gasteiger partial charge in [-0.2, -0.15) is 0 Å². The first kappa shape index (κ1) is 13.8. The molecule has 0 amide bonds. The molecule has 0 radical (unpaired) electrons. The molecule has 0 aromatic heterocycles. The Kier molecular flexibility index (Phi) is 5.10. The molecule has 0 saturated heterocycles. The van der Waals surface area contributed by atoms with E-state index in [9.17, 15) is 15.3 Å². The third kappa shape index (κ3) is 2.91. The topological polar surface area (TPSA) is 69.9 Å². The number of rotatable bonds is 4. The Hall–Kier alpha value is -0.240. The first-order valence-corrected chi connectivity index (χ1v) is 6.11. The summed E-state index contributed by atoms with van der Waals surface area (Å²) in [7, 11) is 1.42. The Morgan fingerprint density at radius 2 is 2.06 bits per heavy atom. The van der Waals surface area contributed by atoms with Crippen molar-refractivity contribution in [3.8, 4) is 11.5 Å². The van der Waals surface area contributed by atoms with Gasteiger partial charge in [-0.25, -0.2) is 0 Å². The van der Waals surface area contributed by atoms with Crippen molar-refractivity contribution in [2.75, 3.05) is 13.0 Å². The molecule has 0 heterocycles. The normalized spacial score (nSPS) is 14.6. The molecule has 6 heteroatoms. The summed E-state index contributed by atoms with van der Waals surface area (Å²) < 4.78 is 5.48. The number of hydrogen-bond donors (Lipinski definition) is 3. The van der Waals surface area contributed by atoms with Crippen molar-refractivity contribution >= 4 is 34.2 Å². The Morgan fingerprint density at radius 1 is 1.44 bits per heavy atom. The van der Waals surface area contributed by atoms with Gasteiger partial charge >= 0.3 is 0 Å². The third-order valence-corrected chi connectivity index (χ3v) is 3.27. The van der Waals surface area contributed by atoms with E-state index in [-0.39, 0.29) is 17.4 Å². The number of phenolic OH excluding ortho intramolecular Hbond substituents is 1. The van der Waals surface area contributed by atoms with Crippen molar-refractivity contribution in [2.24, 2.45) is 0 Å². The van der Waals surface area contributed by atoms with Crippen molar-refractivity contribution in [1.29, 1.82) is 0 Å². The minimum Gasteiger partial charge on any atom is -0.504 e. The zero-order valence-electron chi connectivity index (χ0n) is 8.52. The SMILES string of the molecule is COc1cc(C(O)C(O)CCl)cc(I)c1O. The van der Waals surface area contributed by atoms with E-state index in [1.54, 1.807) is 6.07 Å². The lowest BCUT2D eigenvalue weighted by molar-refractivity contribution is 0.0325. The third-order valence-electron chi connectivity index (χ3n) is 2.13. The molecule has 0 aliphatic heterocycles. The number of hydrogen-bond acceptors (Lipinski definition) is 4. The lowest BCUT2D eigenvalue weighted by Gasteiger charge is -2.17. The number of halogens is 2. The molecule has 2 atom stereocenters. The van der Waals surface area contributed by atoms with Gasteiger partial charge in [-0.3, -0.25) is 0 Å². The predicted molar refractivity (Wildman–Crippen MR) is 69.1 cm³/mol. The molecule has 2 unspecified atom stereocenters. The first-order valence-electron chi connectivity index (χ1n) is 4.49. The average Bonchev–Trinajstić information content (AvgIpc) is 2.30. The Balaban J connectivity index is 3.10. The second-order valence-corrected chi connectivity index (χ2v) is 4.69. The molecule has 0 spiro atoms. The van der Waals surface area contributed by atoms with Crippen LogP contribution in [0.25, 0.3) is 0 Å². The molecule has 4 nitrogen and oxygen atoms in total. The fraction of sp³-hybridized carbons (Fsp3) is 0.400. The minimum absolute atomic E-state index is 0.0133. The van der Waals surface area contributed by atoms with E-state index in [4.69, 9.17) is 16.3 Å². The summed E-state index contributed by atoms with van der Waals surface area (Å²) in [6.45, 7) is 0. The van der Waals surface area contributed by atoms with Crippen molar-refractivity contribution in [1.82, 2.24) is 0 Å². The number of ether oxygens (including phenoxy) is 1. The number of methoxy groups -OCH3 is 1. The highest BCUT2D eigenvalue weighted by Crippen LogP contribution is 2.35. The van der Waals surface area contributed by atoms with Gasteiger partial charge in [0.25, 0.3) is 0 Å². The molecular formula is C10H12ClIO4. The highest BCUT2D eigenvalue weighted by Gasteiger charge is 2.20. The molecule has 3 N–H and O–H groups in total. The van der Waals surface area contributed by atoms with Crippen LogP contribution in [-0.2, 0) is 0 Å². The van der Waals surface area contributed by atoms with E-state index in [2.05, 4.69) is 0 Å². The van der Waals surface area contributed by atoms with Crippen LogP contribution in [0, 0.1) is 3.57 Å². The fourth-order valence-corrected chi connectivity index (χ4v) is 2.02. The zero-order valence-corrected chi connectivity index (χ0v) is 11.4. The summed E-state index contributed by atoms with van der Waals surface area (Å²) in [6, 6.07) is 3.04. The number of aliphatic hydroxyl groups excluding tert-OH is 2. The second-order valence-electron chi connectivity index (χ2n) is 3.22. The highest BCUT2D eigenvalue weighted by atomic mass is 127. The average molecular weight is 359 g/mol. The van der Waals surface area contributed by atoms with E-state index in [0.717, 1.165) is 0 Å². The van der Waals surface area contributed by atoms with Crippen LogP contribution in [0.5, 0.6) is 11.5 Å². The quantitative estimate of drug-likeness (QED) is 0.565. The molecule has 0 aliphatic carbocycles. The maximum atomic E-state index is 9.75. The molecule has 0 aliphatic rings. The number of benzene rings is 1. The summed E-state index contributed by atoms with van der Waals surface area (Å²) >= 11 is 7.36. The number of phenols is 1. The molecule has 1 rings (SSSR count). The summed E-state index contributed by atoms with van der Waals surface area (Å²) in [5.74, 6) is 0.197. The van der Waals surface area contributed by atoms with Crippen molar-refractivity contribution in [2.45, 2.75) is 12.2 Å². The van der Waals surface area contributed by atoms with Crippen LogP contribution in [0.1, 0.15) is 11.7 Å². The molecule has 0 saturated carbocycles. The van der Waals surface area contributed by atoms with Gasteiger partial charge in [0.2, 0.25) is 0 Å². The number of aromatic hydroxyl groups is 1. The van der Waals surface area contributed by atoms with Gasteiger partial charge < -0.3 is 20.1 Å². The molecule has 16 heavy (non-hydrogen) atoms. The molecular weight excluding hydrogens is 346 g/mol. The van der Waals surface area contributed by atoms with Crippen molar-refractivity contribution < 1.29 is 20.1 Å². The van der Waals surface area contributed by atoms with Gasteiger partial charge in [0.15, 0.2) is 11.5 Å². The van der Waals surface area contributed by atoms with Gasteiger partial charge in [-0.05, 0) is 40.3 Å². The summed E-state index contributed by atoms with van der Waals surface area (Å²) in [4.78, 5) is 0. The number of aliphatic hydroxyl groups is 2. The molecule has 0 bridgehead atoms. The van der Waals surface area contributed by atoms with Gasteiger partial charge in [0.05, 0.1) is 22.7 Å². The van der Waals surface area contributed by atoms with Gasteiger partial charge in [-0.15, -0.1) is 11.6 Å².